The quantitative estimate of drug-likeness (QED) is 0.451. The molecule has 3 N–H and O–H groups in total. The smallest absolute Gasteiger partial charge is 0.187 e. The number of hydrogen-bond donors (Lipinski definition) is 3. The maximum Gasteiger partial charge on any atom is 0.187 e. The molecule has 0 unspecified atom stereocenters. The lowest BCUT2D eigenvalue weighted by Crippen LogP contribution is -2.31. The van der Waals surface area contributed by atoms with Crippen molar-refractivity contribution in [2.45, 2.75) is 6.54 Å². The van der Waals surface area contributed by atoms with Crippen molar-refractivity contribution >= 4 is 46.7 Å². The van der Waals surface area contributed by atoms with Gasteiger partial charge in [0.15, 0.2) is 5.11 Å². The van der Waals surface area contributed by atoms with Crippen molar-refractivity contribution < 1.29 is 9.52 Å². The first kappa shape index (κ1) is 15.6. The van der Waals surface area contributed by atoms with Crippen LogP contribution >= 0.6 is 35.4 Å². The first-order chi connectivity index (χ1) is 10.1. The number of nitrogens with zero attached hydrogens (tertiary/aromatic N) is 1. The summed E-state index contributed by atoms with van der Waals surface area (Å²) in [6.07, 6.45) is 2.95. The summed E-state index contributed by atoms with van der Waals surface area (Å²) in [5.41, 5.74) is 2.99. The fourth-order valence-electron chi connectivity index (χ4n) is 1.46. The molecule has 0 amide bonds. The van der Waals surface area contributed by atoms with Gasteiger partial charge in [-0.1, -0.05) is 23.2 Å². The lowest BCUT2D eigenvalue weighted by molar-refractivity contribution is 0.474. The minimum absolute atomic E-state index is 0.0962. The van der Waals surface area contributed by atoms with Gasteiger partial charge in [-0.25, -0.2) is 0 Å². The summed E-state index contributed by atoms with van der Waals surface area (Å²) < 4.78 is 5.15. The Hall–Kier alpha value is -1.76. The van der Waals surface area contributed by atoms with E-state index in [1.807, 2.05) is 6.07 Å². The van der Waals surface area contributed by atoms with Crippen molar-refractivity contribution in [3.8, 4) is 5.75 Å². The predicted molar refractivity (Wildman–Crippen MR) is 87.0 cm³/mol. The molecule has 0 saturated heterocycles. The molecule has 0 atom stereocenters. The molecule has 0 aliphatic rings. The number of thiocarbonyl (C=S) groups is 1. The van der Waals surface area contributed by atoms with Crippen LogP contribution in [0.3, 0.4) is 0 Å². The van der Waals surface area contributed by atoms with Gasteiger partial charge < -0.3 is 14.8 Å². The van der Waals surface area contributed by atoms with E-state index in [4.69, 9.17) is 39.8 Å². The van der Waals surface area contributed by atoms with Crippen LogP contribution in [-0.2, 0) is 6.54 Å². The van der Waals surface area contributed by atoms with Gasteiger partial charge >= 0.3 is 0 Å². The van der Waals surface area contributed by atoms with E-state index in [9.17, 15) is 5.11 Å². The number of benzene rings is 1. The summed E-state index contributed by atoms with van der Waals surface area (Å²) in [6.45, 7) is 0.447. The van der Waals surface area contributed by atoms with Gasteiger partial charge in [0.25, 0.3) is 0 Å². The second-order valence-electron chi connectivity index (χ2n) is 3.96. The largest absolute Gasteiger partial charge is 0.506 e. The number of rotatable bonds is 4. The molecule has 8 heteroatoms. The summed E-state index contributed by atoms with van der Waals surface area (Å²) >= 11 is 16.7. The first-order valence-corrected chi connectivity index (χ1v) is 7.00. The molecule has 1 heterocycles. The van der Waals surface area contributed by atoms with Crippen molar-refractivity contribution in [2.75, 3.05) is 0 Å². The lowest BCUT2D eigenvalue weighted by Gasteiger charge is -2.05. The van der Waals surface area contributed by atoms with E-state index in [0.717, 1.165) is 5.76 Å². The summed E-state index contributed by atoms with van der Waals surface area (Å²) in [6, 6.07) is 6.59. The van der Waals surface area contributed by atoms with Gasteiger partial charge in [-0.3, -0.25) is 5.43 Å². The highest BCUT2D eigenvalue weighted by molar-refractivity contribution is 7.80. The normalized spacial score (nSPS) is 10.8. The third kappa shape index (κ3) is 4.63. The average Bonchev–Trinajstić information content (AvgIpc) is 2.95. The van der Waals surface area contributed by atoms with Gasteiger partial charge in [0.2, 0.25) is 0 Å². The topological polar surface area (TPSA) is 69.8 Å². The molecule has 0 radical (unpaired) electrons. The number of halogens is 2. The third-order valence-electron chi connectivity index (χ3n) is 2.43. The molecule has 2 aromatic rings. The van der Waals surface area contributed by atoms with Gasteiger partial charge in [-0.05, 0) is 36.5 Å². The number of hydrogen-bond acceptors (Lipinski definition) is 4. The van der Waals surface area contributed by atoms with E-state index in [-0.39, 0.29) is 10.8 Å². The minimum Gasteiger partial charge on any atom is -0.506 e. The van der Waals surface area contributed by atoms with Crippen LogP contribution in [0, 0.1) is 0 Å². The number of hydrazone groups is 1. The van der Waals surface area contributed by atoms with Crippen molar-refractivity contribution in [2.24, 2.45) is 5.10 Å². The lowest BCUT2D eigenvalue weighted by atomic mass is 10.2. The SMILES string of the molecule is Oc1c(Cl)cc(Cl)cc1/C=N/NC(=S)NCc1ccco1. The summed E-state index contributed by atoms with van der Waals surface area (Å²) in [5, 5.41) is 17.4. The first-order valence-electron chi connectivity index (χ1n) is 5.83. The number of phenolic OH excluding ortho intramolecular Hbond substituents is 1. The van der Waals surface area contributed by atoms with Crippen LogP contribution in [0.2, 0.25) is 10.0 Å². The molecule has 0 aliphatic carbocycles. The highest BCUT2D eigenvalue weighted by Gasteiger charge is 2.05. The van der Waals surface area contributed by atoms with E-state index in [0.29, 0.717) is 22.2 Å². The summed E-state index contributed by atoms with van der Waals surface area (Å²) in [4.78, 5) is 0. The standard InChI is InChI=1S/C13H11Cl2N3O2S/c14-9-4-8(12(19)11(15)5-9)6-17-18-13(21)16-7-10-2-1-3-20-10/h1-6,19H,7H2,(H2,16,18,21)/b17-6+. The van der Waals surface area contributed by atoms with Crippen molar-refractivity contribution in [3.63, 3.8) is 0 Å². The predicted octanol–water partition coefficient (Wildman–Crippen LogP) is 3.29. The van der Waals surface area contributed by atoms with Crippen molar-refractivity contribution in [1.82, 2.24) is 10.7 Å². The van der Waals surface area contributed by atoms with Gasteiger partial charge in [-0.2, -0.15) is 5.10 Å². The fraction of sp³-hybridized carbons (Fsp3) is 0.0769. The Balaban J connectivity index is 1.89. The Morgan fingerprint density at radius 2 is 2.24 bits per heavy atom. The van der Waals surface area contributed by atoms with E-state index < -0.39 is 0 Å². The van der Waals surface area contributed by atoms with Gasteiger partial charge in [-0.15, -0.1) is 0 Å². The molecule has 0 saturated carbocycles. The Bertz CT molecular complexity index is 660. The van der Waals surface area contributed by atoms with Gasteiger partial charge in [0.05, 0.1) is 24.0 Å². The Kier molecular flexibility index (Phi) is 5.44. The van der Waals surface area contributed by atoms with Crippen molar-refractivity contribution in [1.29, 1.82) is 0 Å². The van der Waals surface area contributed by atoms with Crippen LogP contribution in [0.15, 0.2) is 40.0 Å². The Labute approximate surface area is 136 Å². The Morgan fingerprint density at radius 1 is 1.43 bits per heavy atom. The number of phenols is 1. The van der Waals surface area contributed by atoms with Crippen LogP contribution in [0.4, 0.5) is 0 Å². The van der Waals surface area contributed by atoms with Crippen LogP contribution in [0.5, 0.6) is 5.75 Å². The summed E-state index contributed by atoms with van der Waals surface area (Å²) in [7, 11) is 0. The third-order valence-corrected chi connectivity index (χ3v) is 3.17. The van der Waals surface area contributed by atoms with Gasteiger partial charge in [0.1, 0.15) is 11.5 Å². The molecular weight excluding hydrogens is 333 g/mol. The minimum atomic E-state index is -0.0962. The molecule has 0 fully saturated rings. The second-order valence-corrected chi connectivity index (χ2v) is 5.21. The van der Waals surface area contributed by atoms with Crippen molar-refractivity contribution in [3.05, 3.63) is 51.9 Å². The highest BCUT2D eigenvalue weighted by atomic mass is 35.5. The van der Waals surface area contributed by atoms with Crippen LogP contribution in [0.1, 0.15) is 11.3 Å². The average molecular weight is 344 g/mol. The molecule has 0 aliphatic heterocycles. The number of furan rings is 1. The molecule has 2 rings (SSSR count). The van der Waals surface area contributed by atoms with E-state index in [1.165, 1.54) is 18.3 Å². The molecular formula is C13H11Cl2N3O2S. The maximum atomic E-state index is 9.75. The zero-order valence-electron chi connectivity index (χ0n) is 10.6. The van der Waals surface area contributed by atoms with E-state index in [1.54, 1.807) is 12.3 Å². The molecule has 21 heavy (non-hydrogen) atoms. The number of nitrogens with one attached hydrogen (secondary N) is 2. The number of aromatic hydroxyl groups is 1. The molecule has 0 spiro atoms. The Morgan fingerprint density at radius 3 is 2.95 bits per heavy atom. The second kappa shape index (κ2) is 7.31. The molecule has 1 aromatic carbocycles. The molecule has 110 valence electrons. The van der Waals surface area contributed by atoms with Crippen LogP contribution < -0.4 is 10.7 Å². The van der Waals surface area contributed by atoms with E-state index in [2.05, 4.69) is 15.8 Å². The molecule has 5 nitrogen and oxygen atoms in total. The molecule has 0 bridgehead atoms. The zero-order valence-corrected chi connectivity index (χ0v) is 13.0. The van der Waals surface area contributed by atoms with E-state index >= 15 is 0 Å². The fourth-order valence-corrected chi connectivity index (χ4v) is 2.10. The van der Waals surface area contributed by atoms with Crippen LogP contribution in [0.25, 0.3) is 0 Å². The zero-order chi connectivity index (χ0) is 15.2. The maximum absolute atomic E-state index is 9.75. The highest BCUT2D eigenvalue weighted by Crippen LogP contribution is 2.29. The van der Waals surface area contributed by atoms with Gasteiger partial charge in [0, 0.05) is 10.6 Å². The van der Waals surface area contributed by atoms with Crippen LogP contribution in [-0.4, -0.2) is 16.4 Å². The molecule has 1 aromatic heterocycles. The summed E-state index contributed by atoms with van der Waals surface area (Å²) in [5.74, 6) is 0.656. The monoisotopic (exact) mass is 343 g/mol.